The largest absolute Gasteiger partial charge is 0.466 e. The van der Waals surface area contributed by atoms with Crippen molar-refractivity contribution in [3.05, 3.63) is 5.82 Å². The van der Waals surface area contributed by atoms with Gasteiger partial charge in [0, 0.05) is 31.0 Å². The molecule has 18 heavy (non-hydrogen) atoms. The molecule has 1 saturated heterocycles. The molecule has 1 aliphatic rings. The van der Waals surface area contributed by atoms with E-state index in [2.05, 4.69) is 14.3 Å². The first kappa shape index (κ1) is 13.3. The zero-order chi connectivity index (χ0) is 13.0. The highest BCUT2D eigenvalue weighted by atomic mass is 32.1. The second-order valence-electron chi connectivity index (χ2n) is 4.38. The summed E-state index contributed by atoms with van der Waals surface area (Å²) in [5.74, 6) is 0.781. The lowest BCUT2D eigenvalue weighted by atomic mass is 9.99. The molecular weight excluding hydrogens is 250 g/mol. The van der Waals surface area contributed by atoms with E-state index in [0.717, 1.165) is 36.8 Å². The van der Waals surface area contributed by atoms with Gasteiger partial charge in [-0.15, -0.1) is 0 Å². The summed E-state index contributed by atoms with van der Waals surface area (Å²) in [7, 11) is 0. The van der Waals surface area contributed by atoms with Crippen LogP contribution in [0.5, 0.6) is 0 Å². The summed E-state index contributed by atoms with van der Waals surface area (Å²) in [4.78, 5) is 18.4. The van der Waals surface area contributed by atoms with Crippen LogP contribution in [0.4, 0.5) is 5.13 Å². The summed E-state index contributed by atoms with van der Waals surface area (Å²) < 4.78 is 9.38. The second-order valence-corrected chi connectivity index (χ2v) is 5.11. The molecule has 0 spiro atoms. The fourth-order valence-electron chi connectivity index (χ4n) is 2.12. The lowest BCUT2D eigenvalue weighted by Gasteiger charge is -2.30. The van der Waals surface area contributed by atoms with Gasteiger partial charge in [0.25, 0.3) is 0 Å². The van der Waals surface area contributed by atoms with E-state index in [1.54, 1.807) is 0 Å². The van der Waals surface area contributed by atoms with Gasteiger partial charge in [0.2, 0.25) is 5.13 Å². The van der Waals surface area contributed by atoms with Crippen molar-refractivity contribution in [2.75, 3.05) is 24.6 Å². The molecule has 0 N–H and O–H groups in total. The summed E-state index contributed by atoms with van der Waals surface area (Å²) in [6.45, 7) is 6.00. The highest BCUT2D eigenvalue weighted by molar-refractivity contribution is 7.09. The van der Waals surface area contributed by atoms with Crippen molar-refractivity contribution in [3.63, 3.8) is 0 Å². The molecule has 5 nitrogen and oxygen atoms in total. The maximum absolute atomic E-state index is 11.8. The van der Waals surface area contributed by atoms with Crippen molar-refractivity contribution in [2.24, 2.45) is 5.92 Å². The zero-order valence-corrected chi connectivity index (χ0v) is 11.7. The average Bonchev–Trinajstić information content (AvgIpc) is 2.88. The third kappa shape index (κ3) is 2.98. The molecule has 0 amide bonds. The van der Waals surface area contributed by atoms with E-state index in [1.165, 1.54) is 11.5 Å². The first-order valence-electron chi connectivity index (χ1n) is 6.48. The van der Waals surface area contributed by atoms with Gasteiger partial charge in [-0.05, 0) is 19.8 Å². The van der Waals surface area contributed by atoms with Crippen LogP contribution in [0.2, 0.25) is 0 Å². The number of aryl methyl sites for hydroxylation is 1. The molecule has 1 aromatic rings. The number of nitrogens with zero attached hydrogens (tertiary/aromatic N) is 3. The van der Waals surface area contributed by atoms with Crippen molar-refractivity contribution in [3.8, 4) is 0 Å². The maximum atomic E-state index is 11.8. The molecule has 0 unspecified atom stereocenters. The van der Waals surface area contributed by atoms with Gasteiger partial charge in [-0.25, -0.2) is 4.98 Å². The first-order chi connectivity index (χ1) is 8.74. The number of carbonyl (C=O) groups is 1. The van der Waals surface area contributed by atoms with Crippen LogP contribution in [0.25, 0.3) is 0 Å². The fraction of sp³-hybridized carbons (Fsp3) is 0.750. The Kier molecular flexibility index (Phi) is 4.52. The molecular formula is C12H19N3O2S. The molecule has 0 aromatic carbocycles. The molecule has 1 aliphatic heterocycles. The topological polar surface area (TPSA) is 55.3 Å². The van der Waals surface area contributed by atoms with E-state index in [-0.39, 0.29) is 11.9 Å². The van der Waals surface area contributed by atoms with Gasteiger partial charge in [-0.1, -0.05) is 6.92 Å². The SMILES string of the molecule is CCOC(=O)[C@H]1CCCN(c2nc(CC)ns2)C1. The van der Waals surface area contributed by atoms with Gasteiger partial charge in [0.1, 0.15) is 5.82 Å². The van der Waals surface area contributed by atoms with Gasteiger partial charge < -0.3 is 9.64 Å². The van der Waals surface area contributed by atoms with Crippen molar-refractivity contribution in [1.82, 2.24) is 9.36 Å². The smallest absolute Gasteiger partial charge is 0.310 e. The number of aromatic nitrogens is 2. The van der Waals surface area contributed by atoms with Crippen molar-refractivity contribution in [2.45, 2.75) is 33.1 Å². The summed E-state index contributed by atoms with van der Waals surface area (Å²) in [6, 6.07) is 0. The number of hydrogen-bond acceptors (Lipinski definition) is 6. The molecule has 6 heteroatoms. The molecule has 1 fully saturated rings. The van der Waals surface area contributed by atoms with E-state index < -0.39 is 0 Å². The Morgan fingerprint density at radius 2 is 2.39 bits per heavy atom. The number of ether oxygens (including phenoxy) is 1. The highest BCUT2D eigenvalue weighted by Gasteiger charge is 2.28. The molecule has 2 rings (SSSR count). The standard InChI is InChI=1S/C12H19N3O2S/c1-3-10-13-12(18-14-10)15-7-5-6-9(8-15)11(16)17-4-2/h9H,3-8H2,1-2H3/t9-/m0/s1. The molecule has 100 valence electrons. The van der Waals surface area contributed by atoms with Crippen LogP contribution in [0, 0.1) is 5.92 Å². The first-order valence-corrected chi connectivity index (χ1v) is 7.26. The summed E-state index contributed by atoms with van der Waals surface area (Å²) in [5.41, 5.74) is 0. The van der Waals surface area contributed by atoms with Gasteiger partial charge in [0.05, 0.1) is 12.5 Å². The number of carbonyl (C=O) groups excluding carboxylic acids is 1. The minimum atomic E-state index is -0.0811. The molecule has 1 atom stereocenters. The van der Waals surface area contributed by atoms with Crippen LogP contribution in [0.15, 0.2) is 0 Å². The van der Waals surface area contributed by atoms with Gasteiger partial charge in [-0.3, -0.25) is 4.79 Å². The van der Waals surface area contributed by atoms with Crippen molar-refractivity contribution in [1.29, 1.82) is 0 Å². The van der Waals surface area contributed by atoms with Crippen LogP contribution in [-0.4, -0.2) is 35.0 Å². The van der Waals surface area contributed by atoms with E-state index in [4.69, 9.17) is 4.74 Å². The fourth-order valence-corrected chi connectivity index (χ4v) is 2.90. The Hall–Kier alpha value is -1.17. The number of piperidine rings is 1. The van der Waals surface area contributed by atoms with Crippen LogP contribution < -0.4 is 4.90 Å². The lowest BCUT2D eigenvalue weighted by molar-refractivity contribution is -0.148. The van der Waals surface area contributed by atoms with E-state index in [1.807, 2.05) is 13.8 Å². The molecule has 0 radical (unpaired) electrons. The van der Waals surface area contributed by atoms with E-state index in [0.29, 0.717) is 13.2 Å². The van der Waals surface area contributed by atoms with Crippen LogP contribution in [0.1, 0.15) is 32.5 Å². The highest BCUT2D eigenvalue weighted by Crippen LogP contribution is 2.25. The van der Waals surface area contributed by atoms with Crippen LogP contribution in [-0.2, 0) is 16.0 Å². The Bertz CT molecular complexity index is 408. The molecule has 1 aromatic heterocycles. The van der Waals surface area contributed by atoms with Crippen molar-refractivity contribution < 1.29 is 9.53 Å². The van der Waals surface area contributed by atoms with Crippen LogP contribution in [0.3, 0.4) is 0 Å². The number of anilines is 1. The predicted octanol–water partition coefficient (Wildman–Crippen LogP) is 1.88. The summed E-state index contributed by atoms with van der Waals surface area (Å²) in [6.07, 6.45) is 2.77. The Morgan fingerprint density at radius 3 is 3.06 bits per heavy atom. The number of esters is 1. The lowest BCUT2D eigenvalue weighted by Crippen LogP contribution is -2.39. The predicted molar refractivity (Wildman–Crippen MR) is 70.9 cm³/mol. The third-order valence-corrected chi connectivity index (χ3v) is 3.90. The van der Waals surface area contributed by atoms with E-state index >= 15 is 0 Å². The summed E-state index contributed by atoms with van der Waals surface area (Å²) in [5, 5.41) is 0.931. The Morgan fingerprint density at radius 1 is 1.56 bits per heavy atom. The number of hydrogen-bond donors (Lipinski definition) is 0. The third-order valence-electron chi connectivity index (χ3n) is 3.09. The Labute approximate surface area is 111 Å². The quantitative estimate of drug-likeness (QED) is 0.781. The van der Waals surface area contributed by atoms with Gasteiger partial charge in [-0.2, -0.15) is 4.37 Å². The van der Waals surface area contributed by atoms with Gasteiger partial charge in [0.15, 0.2) is 0 Å². The van der Waals surface area contributed by atoms with Crippen molar-refractivity contribution >= 4 is 22.6 Å². The minimum Gasteiger partial charge on any atom is -0.466 e. The monoisotopic (exact) mass is 269 g/mol. The van der Waals surface area contributed by atoms with E-state index in [9.17, 15) is 4.79 Å². The molecule has 0 saturated carbocycles. The van der Waals surface area contributed by atoms with Crippen LogP contribution >= 0.6 is 11.5 Å². The second kappa shape index (κ2) is 6.13. The zero-order valence-electron chi connectivity index (χ0n) is 10.9. The van der Waals surface area contributed by atoms with Gasteiger partial charge >= 0.3 is 5.97 Å². The minimum absolute atomic E-state index is 0.0207. The molecule has 0 bridgehead atoms. The normalized spacial score (nSPS) is 19.9. The molecule has 0 aliphatic carbocycles. The maximum Gasteiger partial charge on any atom is 0.310 e. The summed E-state index contributed by atoms with van der Waals surface area (Å²) >= 11 is 1.42. The number of rotatable bonds is 4. The average molecular weight is 269 g/mol. The Balaban J connectivity index is 1.99. The molecule has 2 heterocycles.